The van der Waals surface area contributed by atoms with Crippen molar-refractivity contribution in [3.05, 3.63) is 99.8 Å². The van der Waals surface area contributed by atoms with Gasteiger partial charge in [-0.25, -0.2) is 4.98 Å². The lowest BCUT2D eigenvalue weighted by atomic mass is 10.1. The third kappa shape index (κ3) is 4.04. The Bertz CT molecular complexity index is 1560. The molecule has 5 rings (SSSR count). The van der Waals surface area contributed by atoms with Gasteiger partial charge in [0.05, 0.1) is 4.92 Å². The van der Waals surface area contributed by atoms with Crippen LogP contribution in [0.15, 0.2) is 81.6 Å². The van der Waals surface area contributed by atoms with Crippen LogP contribution in [0, 0.1) is 24.0 Å². The van der Waals surface area contributed by atoms with Crippen LogP contribution in [0.2, 0.25) is 0 Å². The minimum atomic E-state index is -0.478. The van der Waals surface area contributed by atoms with E-state index < -0.39 is 10.8 Å². The molecule has 168 valence electrons. The highest BCUT2D eigenvalue weighted by molar-refractivity contribution is 6.03. The fourth-order valence-electron chi connectivity index (χ4n) is 3.62. The number of aromatic nitrogens is 1. The number of fused-ring (bicyclic) bond motifs is 1. The summed E-state index contributed by atoms with van der Waals surface area (Å²) in [5.41, 5.74) is 5.18. The number of amides is 1. The van der Waals surface area contributed by atoms with Crippen molar-refractivity contribution in [2.75, 3.05) is 5.32 Å². The maximum atomic E-state index is 12.9. The highest BCUT2D eigenvalue weighted by atomic mass is 16.6. The summed E-state index contributed by atoms with van der Waals surface area (Å²) in [5, 5.41) is 13.9. The minimum absolute atomic E-state index is 0.0540. The van der Waals surface area contributed by atoms with Gasteiger partial charge in [0.2, 0.25) is 5.89 Å². The van der Waals surface area contributed by atoms with Crippen LogP contribution in [0.5, 0.6) is 0 Å². The second kappa shape index (κ2) is 8.32. The Balaban J connectivity index is 1.40. The average molecular weight is 453 g/mol. The molecule has 0 aliphatic carbocycles. The van der Waals surface area contributed by atoms with Crippen LogP contribution in [0.3, 0.4) is 0 Å². The van der Waals surface area contributed by atoms with Gasteiger partial charge < -0.3 is 14.2 Å². The molecule has 0 bridgehead atoms. The highest BCUT2D eigenvalue weighted by Crippen LogP contribution is 2.30. The number of anilines is 1. The van der Waals surface area contributed by atoms with Gasteiger partial charge in [-0.05, 0) is 61.4 Å². The zero-order valence-electron chi connectivity index (χ0n) is 18.4. The number of rotatable bonds is 5. The molecule has 2 aromatic heterocycles. The number of nitrogens with one attached hydrogen (secondary N) is 1. The fourth-order valence-corrected chi connectivity index (χ4v) is 3.62. The molecule has 0 fully saturated rings. The van der Waals surface area contributed by atoms with E-state index in [1.165, 1.54) is 18.2 Å². The van der Waals surface area contributed by atoms with Crippen LogP contribution in [-0.4, -0.2) is 15.8 Å². The number of carbonyl (C=O) groups excluding carboxylic acids is 1. The number of aryl methyl sites for hydroxylation is 2. The first-order valence-corrected chi connectivity index (χ1v) is 10.5. The Hall–Kier alpha value is -4.72. The quantitative estimate of drug-likeness (QED) is 0.239. The van der Waals surface area contributed by atoms with Gasteiger partial charge in [-0.15, -0.1) is 0 Å². The molecular formula is C26H19N3O5. The maximum absolute atomic E-state index is 12.9. The third-order valence-electron chi connectivity index (χ3n) is 5.45. The van der Waals surface area contributed by atoms with Crippen LogP contribution in [0.4, 0.5) is 11.4 Å². The summed E-state index contributed by atoms with van der Waals surface area (Å²) in [5.74, 6) is 0.469. The summed E-state index contributed by atoms with van der Waals surface area (Å²) >= 11 is 0. The van der Waals surface area contributed by atoms with Gasteiger partial charge in [-0.2, -0.15) is 0 Å². The number of non-ortho nitro benzene ring substituents is 1. The van der Waals surface area contributed by atoms with E-state index in [1.807, 2.05) is 44.2 Å². The lowest BCUT2D eigenvalue weighted by molar-refractivity contribution is -0.384. The van der Waals surface area contributed by atoms with Crippen molar-refractivity contribution in [3.8, 4) is 22.8 Å². The zero-order chi connectivity index (χ0) is 23.8. The Kier molecular flexibility index (Phi) is 5.18. The molecule has 0 saturated heterocycles. The van der Waals surface area contributed by atoms with Crippen LogP contribution in [0.25, 0.3) is 33.9 Å². The first kappa shape index (κ1) is 21.1. The number of furan rings is 1. The van der Waals surface area contributed by atoms with Crippen molar-refractivity contribution in [1.82, 2.24) is 4.98 Å². The van der Waals surface area contributed by atoms with Gasteiger partial charge in [0.25, 0.3) is 11.6 Å². The highest BCUT2D eigenvalue weighted by Gasteiger charge is 2.17. The van der Waals surface area contributed by atoms with E-state index >= 15 is 0 Å². The molecule has 1 N–H and O–H groups in total. The molecule has 2 heterocycles. The molecule has 1 amide bonds. The van der Waals surface area contributed by atoms with Crippen LogP contribution < -0.4 is 5.32 Å². The molecule has 0 saturated carbocycles. The van der Waals surface area contributed by atoms with Gasteiger partial charge in [-0.3, -0.25) is 14.9 Å². The molecule has 8 heteroatoms. The Labute approximate surface area is 194 Å². The minimum Gasteiger partial charge on any atom is -0.451 e. The van der Waals surface area contributed by atoms with Gasteiger partial charge in [0, 0.05) is 28.9 Å². The Morgan fingerprint density at radius 1 is 0.941 bits per heavy atom. The van der Waals surface area contributed by atoms with Crippen LogP contribution >= 0.6 is 0 Å². The first-order chi connectivity index (χ1) is 16.4. The van der Waals surface area contributed by atoms with Crippen LogP contribution in [-0.2, 0) is 0 Å². The molecule has 34 heavy (non-hydrogen) atoms. The summed E-state index contributed by atoms with van der Waals surface area (Å²) in [6.07, 6.45) is 0. The largest absolute Gasteiger partial charge is 0.451 e. The monoisotopic (exact) mass is 453 g/mol. The molecule has 8 nitrogen and oxygen atoms in total. The molecule has 0 aliphatic heterocycles. The number of benzene rings is 3. The number of nitro benzene ring substituents is 1. The number of nitrogens with zero attached hydrogens (tertiary/aromatic N) is 2. The number of hydrogen-bond acceptors (Lipinski definition) is 6. The number of nitro groups is 1. The first-order valence-electron chi connectivity index (χ1n) is 10.5. The van der Waals surface area contributed by atoms with Gasteiger partial charge in [0.1, 0.15) is 11.3 Å². The van der Waals surface area contributed by atoms with Crippen molar-refractivity contribution < 1.29 is 18.6 Å². The maximum Gasteiger partial charge on any atom is 0.291 e. The van der Waals surface area contributed by atoms with Crippen molar-refractivity contribution in [3.63, 3.8) is 0 Å². The van der Waals surface area contributed by atoms with E-state index in [9.17, 15) is 14.9 Å². The summed E-state index contributed by atoms with van der Waals surface area (Å²) < 4.78 is 11.6. The predicted molar refractivity (Wildman–Crippen MR) is 128 cm³/mol. The standard InChI is InChI=1S/C26H19N3O5/c1-15-6-9-23-21(12-15)28-26(34-23)18-8-7-16(2)20(14-18)27-25(30)24-11-10-22(33-24)17-4-3-5-19(13-17)29(31)32/h3-14H,1-2H3,(H,27,30). The van der Waals surface area contributed by atoms with Gasteiger partial charge in [-0.1, -0.05) is 24.3 Å². The van der Waals surface area contributed by atoms with Crippen molar-refractivity contribution in [2.45, 2.75) is 13.8 Å². The van der Waals surface area contributed by atoms with E-state index in [0.29, 0.717) is 28.5 Å². The summed E-state index contributed by atoms with van der Waals surface area (Å²) in [7, 11) is 0. The molecule has 0 aliphatic rings. The predicted octanol–water partition coefficient (Wildman–Crippen LogP) is 6.53. The second-order valence-corrected chi connectivity index (χ2v) is 7.95. The number of hydrogen-bond donors (Lipinski definition) is 1. The molecule has 5 aromatic rings. The van der Waals surface area contributed by atoms with Crippen molar-refractivity contribution in [1.29, 1.82) is 0 Å². The Morgan fingerprint density at radius 3 is 2.62 bits per heavy atom. The van der Waals surface area contributed by atoms with Crippen LogP contribution in [0.1, 0.15) is 21.7 Å². The number of carbonyl (C=O) groups is 1. The van der Waals surface area contributed by atoms with E-state index in [2.05, 4.69) is 10.3 Å². The van der Waals surface area contributed by atoms with Crippen molar-refractivity contribution in [2.24, 2.45) is 0 Å². The number of oxazole rings is 1. The summed E-state index contributed by atoms with van der Waals surface area (Å²) in [6, 6.07) is 20.5. The summed E-state index contributed by atoms with van der Waals surface area (Å²) in [6.45, 7) is 3.87. The molecular weight excluding hydrogens is 434 g/mol. The fraction of sp³-hybridized carbons (Fsp3) is 0.0769. The van der Waals surface area contributed by atoms with E-state index in [0.717, 1.165) is 22.2 Å². The van der Waals surface area contributed by atoms with Gasteiger partial charge in [0.15, 0.2) is 11.3 Å². The third-order valence-corrected chi connectivity index (χ3v) is 5.45. The van der Waals surface area contributed by atoms with E-state index in [4.69, 9.17) is 8.83 Å². The molecule has 3 aromatic carbocycles. The molecule has 0 radical (unpaired) electrons. The molecule has 0 spiro atoms. The average Bonchev–Trinajstić information content (AvgIpc) is 3.48. The van der Waals surface area contributed by atoms with Crippen molar-refractivity contribution >= 4 is 28.4 Å². The second-order valence-electron chi connectivity index (χ2n) is 7.95. The van der Waals surface area contributed by atoms with Gasteiger partial charge >= 0.3 is 0 Å². The molecule has 0 unspecified atom stereocenters. The van der Waals surface area contributed by atoms with E-state index in [-0.39, 0.29) is 11.4 Å². The normalized spacial score (nSPS) is 11.0. The lowest BCUT2D eigenvalue weighted by Gasteiger charge is -2.08. The SMILES string of the molecule is Cc1ccc2oc(-c3ccc(C)c(NC(=O)c4ccc(-c5cccc([N+](=O)[O-])c5)o4)c3)nc2c1. The topological polar surface area (TPSA) is 111 Å². The summed E-state index contributed by atoms with van der Waals surface area (Å²) in [4.78, 5) is 28.0. The smallest absolute Gasteiger partial charge is 0.291 e. The Morgan fingerprint density at radius 2 is 1.79 bits per heavy atom. The molecule has 0 atom stereocenters. The lowest BCUT2D eigenvalue weighted by Crippen LogP contribution is -2.11. The van der Waals surface area contributed by atoms with E-state index in [1.54, 1.807) is 24.3 Å². The zero-order valence-corrected chi connectivity index (χ0v) is 18.4.